The molecule has 0 bridgehead atoms. The summed E-state index contributed by atoms with van der Waals surface area (Å²) in [5.74, 6) is 0.947. The Morgan fingerprint density at radius 1 is 1.71 bits per heavy atom. The molecule has 14 heavy (non-hydrogen) atoms. The Morgan fingerprint density at radius 3 is 3.21 bits per heavy atom. The van der Waals surface area contributed by atoms with Crippen LogP contribution in [-0.2, 0) is 0 Å². The quantitative estimate of drug-likeness (QED) is 0.714. The fourth-order valence-electron chi connectivity index (χ4n) is 2.04. The van der Waals surface area contributed by atoms with Crippen LogP contribution in [0.2, 0.25) is 0 Å². The third-order valence-corrected chi connectivity index (χ3v) is 2.79. The smallest absolute Gasteiger partial charge is 0.185 e. The van der Waals surface area contributed by atoms with E-state index < -0.39 is 0 Å². The number of piperidine rings is 1. The largest absolute Gasteiger partial charge is 0.339 e. The molecule has 0 aliphatic carbocycles. The summed E-state index contributed by atoms with van der Waals surface area (Å²) in [5.41, 5.74) is 1.10. The summed E-state index contributed by atoms with van der Waals surface area (Å²) in [4.78, 5) is 19.8. The molecule has 76 valence electrons. The minimum atomic E-state index is 0.438. The van der Waals surface area contributed by atoms with E-state index in [1.807, 2.05) is 0 Å². The first-order chi connectivity index (χ1) is 6.79. The Kier molecular flexibility index (Phi) is 2.63. The second kappa shape index (κ2) is 3.92. The van der Waals surface area contributed by atoms with Crippen LogP contribution in [0.1, 0.15) is 35.1 Å². The van der Waals surface area contributed by atoms with E-state index in [9.17, 15) is 4.79 Å². The number of aromatic amines is 1. The van der Waals surface area contributed by atoms with E-state index in [0.717, 1.165) is 18.5 Å². The van der Waals surface area contributed by atoms with Gasteiger partial charge < -0.3 is 9.88 Å². The summed E-state index contributed by atoms with van der Waals surface area (Å²) in [6.45, 7) is 2.23. The molecule has 2 rings (SSSR count). The van der Waals surface area contributed by atoms with Crippen LogP contribution in [0.5, 0.6) is 0 Å². The average Bonchev–Trinajstić information content (AvgIpc) is 2.66. The molecule has 1 aliphatic rings. The molecule has 1 aliphatic heterocycles. The van der Waals surface area contributed by atoms with Crippen molar-refractivity contribution in [2.75, 3.05) is 20.1 Å². The average molecular weight is 193 g/mol. The summed E-state index contributed by atoms with van der Waals surface area (Å²) in [6.07, 6.45) is 4.95. The molecule has 2 heterocycles. The number of carbonyl (C=O) groups excluding carboxylic acids is 1. The topological polar surface area (TPSA) is 49.0 Å². The highest BCUT2D eigenvalue weighted by Crippen LogP contribution is 2.24. The Morgan fingerprint density at radius 2 is 2.57 bits per heavy atom. The van der Waals surface area contributed by atoms with Gasteiger partial charge in [-0.05, 0) is 26.4 Å². The van der Waals surface area contributed by atoms with Crippen molar-refractivity contribution in [2.45, 2.75) is 18.8 Å². The Labute approximate surface area is 83.3 Å². The van der Waals surface area contributed by atoms with E-state index in [-0.39, 0.29) is 0 Å². The van der Waals surface area contributed by atoms with Crippen molar-refractivity contribution in [2.24, 2.45) is 0 Å². The molecular formula is C10H15N3O. The Bertz CT molecular complexity index is 321. The Balaban J connectivity index is 2.09. The molecule has 1 fully saturated rings. The molecule has 4 nitrogen and oxygen atoms in total. The van der Waals surface area contributed by atoms with Crippen LogP contribution in [-0.4, -0.2) is 41.3 Å². The maximum absolute atomic E-state index is 10.5. The second-order valence-electron chi connectivity index (χ2n) is 3.94. The van der Waals surface area contributed by atoms with Crippen molar-refractivity contribution >= 4 is 6.29 Å². The first-order valence-corrected chi connectivity index (χ1v) is 4.98. The fraction of sp³-hybridized carbons (Fsp3) is 0.600. The predicted molar refractivity (Wildman–Crippen MR) is 53.4 cm³/mol. The molecule has 4 heteroatoms. The zero-order valence-electron chi connectivity index (χ0n) is 8.36. The van der Waals surface area contributed by atoms with Crippen LogP contribution in [0.15, 0.2) is 6.20 Å². The number of aldehydes is 1. The lowest BCUT2D eigenvalue weighted by Gasteiger charge is -2.28. The Hall–Kier alpha value is -1.16. The highest BCUT2D eigenvalue weighted by atomic mass is 16.1. The SMILES string of the molecule is CN1CCCC(c2cnc(C=O)[nH]2)C1. The summed E-state index contributed by atoms with van der Waals surface area (Å²) in [7, 11) is 2.13. The monoisotopic (exact) mass is 193 g/mol. The third kappa shape index (κ3) is 1.85. The molecule has 1 N–H and O–H groups in total. The van der Waals surface area contributed by atoms with Gasteiger partial charge in [-0.1, -0.05) is 0 Å². The van der Waals surface area contributed by atoms with Gasteiger partial charge in [-0.15, -0.1) is 0 Å². The molecule has 0 aromatic carbocycles. The number of nitrogens with zero attached hydrogens (tertiary/aromatic N) is 2. The van der Waals surface area contributed by atoms with Crippen molar-refractivity contribution in [1.29, 1.82) is 0 Å². The number of nitrogens with one attached hydrogen (secondary N) is 1. The number of H-pyrrole nitrogens is 1. The lowest BCUT2D eigenvalue weighted by atomic mass is 9.96. The van der Waals surface area contributed by atoms with Crippen LogP contribution in [0.4, 0.5) is 0 Å². The van der Waals surface area contributed by atoms with Gasteiger partial charge in [0.25, 0.3) is 0 Å². The molecule has 1 atom stereocenters. The molecule has 0 radical (unpaired) electrons. The minimum Gasteiger partial charge on any atom is -0.339 e. The molecule has 0 saturated carbocycles. The standard InChI is InChI=1S/C10H15N3O/c1-13-4-2-3-8(6-13)9-5-11-10(7-14)12-9/h5,7-8H,2-4,6H2,1H3,(H,11,12). The van der Waals surface area contributed by atoms with Crippen molar-refractivity contribution < 1.29 is 4.79 Å². The molecular weight excluding hydrogens is 178 g/mol. The second-order valence-corrected chi connectivity index (χ2v) is 3.94. The van der Waals surface area contributed by atoms with Gasteiger partial charge in [-0.3, -0.25) is 4.79 Å². The highest BCUT2D eigenvalue weighted by Gasteiger charge is 2.20. The van der Waals surface area contributed by atoms with E-state index >= 15 is 0 Å². The summed E-state index contributed by atoms with van der Waals surface area (Å²) < 4.78 is 0. The van der Waals surface area contributed by atoms with E-state index in [0.29, 0.717) is 11.7 Å². The maximum atomic E-state index is 10.5. The number of rotatable bonds is 2. The zero-order valence-corrected chi connectivity index (χ0v) is 8.36. The summed E-state index contributed by atoms with van der Waals surface area (Å²) in [5, 5.41) is 0. The van der Waals surface area contributed by atoms with Crippen LogP contribution in [0.3, 0.4) is 0 Å². The van der Waals surface area contributed by atoms with E-state index in [1.54, 1.807) is 6.20 Å². The zero-order chi connectivity index (χ0) is 9.97. The number of likely N-dealkylation sites (N-methyl/N-ethyl adjacent to an activating group) is 1. The van der Waals surface area contributed by atoms with Crippen molar-refractivity contribution in [1.82, 2.24) is 14.9 Å². The lowest BCUT2D eigenvalue weighted by molar-refractivity contribution is 0.111. The van der Waals surface area contributed by atoms with E-state index in [2.05, 4.69) is 21.9 Å². The van der Waals surface area contributed by atoms with Gasteiger partial charge >= 0.3 is 0 Å². The number of hydrogen-bond acceptors (Lipinski definition) is 3. The third-order valence-electron chi connectivity index (χ3n) is 2.79. The minimum absolute atomic E-state index is 0.438. The van der Waals surface area contributed by atoms with Crippen molar-refractivity contribution in [3.05, 3.63) is 17.7 Å². The maximum Gasteiger partial charge on any atom is 0.185 e. The fourth-order valence-corrected chi connectivity index (χ4v) is 2.04. The van der Waals surface area contributed by atoms with Gasteiger partial charge in [-0.25, -0.2) is 4.98 Å². The van der Waals surface area contributed by atoms with Gasteiger partial charge in [0.15, 0.2) is 12.1 Å². The molecule has 0 amide bonds. The first-order valence-electron chi connectivity index (χ1n) is 4.98. The lowest BCUT2D eigenvalue weighted by Crippen LogP contribution is -2.30. The number of carbonyl (C=O) groups is 1. The molecule has 1 aromatic rings. The van der Waals surface area contributed by atoms with Crippen LogP contribution >= 0.6 is 0 Å². The van der Waals surface area contributed by atoms with Gasteiger partial charge in [0.05, 0.1) is 0 Å². The van der Waals surface area contributed by atoms with Gasteiger partial charge in [0.1, 0.15) is 0 Å². The van der Waals surface area contributed by atoms with Gasteiger partial charge in [0.2, 0.25) is 0 Å². The van der Waals surface area contributed by atoms with Crippen LogP contribution in [0, 0.1) is 0 Å². The van der Waals surface area contributed by atoms with Gasteiger partial charge in [-0.2, -0.15) is 0 Å². The van der Waals surface area contributed by atoms with E-state index in [1.165, 1.54) is 19.4 Å². The first kappa shape index (κ1) is 9.40. The molecule has 1 unspecified atom stereocenters. The summed E-state index contributed by atoms with van der Waals surface area (Å²) in [6, 6.07) is 0. The van der Waals surface area contributed by atoms with Crippen LogP contribution < -0.4 is 0 Å². The number of hydrogen-bond donors (Lipinski definition) is 1. The molecule has 0 spiro atoms. The van der Waals surface area contributed by atoms with Crippen molar-refractivity contribution in [3.8, 4) is 0 Å². The molecule has 1 aromatic heterocycles. The van der Waals surface area contributed by atoms with Crippen LogP contribution in [0.25, 0.3) is 0 Å². The number of imidazole rings is 1. The summed E-state index contributed by atoms with van der Waals surface area (Å²) >= 11 is 0. The number of aromatic nitrogens is 2. The van der Waals surface area contributed by atoms with E-state index in [4.69, 9.17) is 0 Å². The number of likely N-dealkylation sites (tertiary alicyclic amines) is 1. The predicted octanol–water partition coefficient (Wildman–Crippen LogP) is 1.03. The highest BCUT2D eigenvalue weighted by molar-refractivity contribution is 5.68. The normalized spacial score (nSPS) is 23.6. The van der Waals surface area contributed by atoms with Gasteiger partial charge in [0, 0.05) is 24.4 Å². The molecule has 1 saturated heterocycles. The van der Waals surface area contributed by atoms with Crippen molar-refractivity contribution in [3.63, 3.8) is 0 Å².